The van der Waals surface area contributed by atoms with Crippen molar-refractivity contribution in [2.45, 2.75) is 19.9 Å². The van der Waals surface area contributed by atoms with Crippen molar-refractivity contribution in [2.24, 2.45) is 0 Å². The van der Waals surface area contributed by atoms with Crippen molar-refractivity contribution >= 4 is 28.7 Å². The third kappa shape index (κ3) is 4.13. The number of aryl methyl sites for hydroxylation is 1. The van der Waals surface area contributed by atoms with E-state index in [-0.39, 0.29) is 5.56 Å². The van der Waals surface area contributed by atoms with Gasteiger partial charge in [0.25, 0.3) is 5.56 Å². The molecule has 4 rings (SSSR count). The Morgan fingerprint density at radius 2 is 2.04 bits per heavy atom. The number of rotatable bonds is 6. The van der Waals surface area contributed by atoms with Gasteiger partial charge in [-0.25, -0.2) is 4.98 Å². The van der Waals surface area contributed by atoms with Gasteiger partial charge in [0.1, 0.15) is 18.2 Å². The van der Waals surface area contributed by atoms with E-state index in [1.807, 2.05) is 55.1 Å². The van der Waals surface area contributed by atoms with Crippen LogP contribution < -0.4 is 15.6 Å². The van der Waals surface area contributed by atoms with Crippen LogP contribution in [-0.2, 0) is 13.0 Å². The fraction of sp³-hybridized carbons (Fsp3) is 0.273. The number of ether oxygens (including phenoxy) is 1. The second-order valence-corrected chi connectivity index (χ2v) is 7.70. The molecule has 1 aliphatic rings. The van der Waals surface area contributed by atoms with Crippen LogP contribution in [-0.4, -0.2) is 28.6 Å². The first-order chi connectivity index (χ1) is 13.7. The monoisotopic (exact) mass is 393 g/mol. The van der Waals surface area contributed by atoms with Crippen molar-refractivity contribution in [2.75, 3.05) is 19.0 Å². The standard InChI is InChI=1S/C22H23N3O2S/c1-2-21-24-20-6-4-3-5-19(20)22(26)25(21)11-12-27-17-9-7-16(8-10-17)13-18-14-23-15-28-18/h3-10,13,23H,2,11-12,14-15H2,1H3. The minimum absolute atomic E-state index is 0.00399. The number of hydrogen-bond donors (Lipinski definition) is 1. The first-order valence-corrected chi connectivity index (χ1v) is 10.5. The van der Waals surface area contributed by atoms with Crippen LogP contribution in [0.2, 0.25) is 0 Å². The molecule has 0 saturated carbocycles. The van der Waals surface area contributed by atoms with Crippen LogP contribution in [0.25, 0.3) is 17.0 Å². The minimum atomic E-state index is -0.00399. The Morgan fingerprint density at radius 1 is 1.21 bits per heavy atom. The van der Waals surface area contributed by atoms with E-state index in [9.17, 15) is 4.79 Å². The molecule has 0 bridgehead atoms. The number of thioether (sulfide) groups is 1. The topological polar surface area (TPSA) is 56.2 Å². The summed E-state index contributed by atoms with van der Waals surface area (Å²) in [6, 6.07) is 15.5. The number of nitrogens with one attached hydrogen (secondary N) is 1. The third-order valence-electron chi connectivity index (χ3n) is 4.71. The molecular weight excluding hydrogens is 370 g/mol. The Hall–Kier alpha value is -2.57. The van der Waals surface area contributed by atoms with Crippen molar-refractivity contribution in [3.8, 4) is 5.75 Å². The van der Waals surface area contributed by atoms with Gasteiger partial charge < -0.3 is 10.1 Å². The Kier molecular flexibility index (Phi) is 5.78. The number of hydrogen-bond acceptors (Lipinski definition) is 5. The van der Waals surface area contributed by atoms with Crippen LogP contribution in [0.4, 0.5) is 0 Å². The van der Waals surface area contributed by atoms with E-state index >= 15 is 0 Å². The third-order valence-corrected chi connectivity index (χ3v) is 5.69. The molecule has 2 heterocycles. The molecule has 1 N–H and O–H groups in total. The lowest BCUT2D eigenvalue weighted by molar-refractivity contribution is 0.294. The summed E-state index contributed by atoms with van der Waals surface area (Å²) in [5, 5.41) is 3.96. The van der Waals surface area contributed by atoms with E-state index in [2.05, 4.69) is 28.5 Å². The van der Waals surface area contributed by atoms with Crippen molar-refractivity contribution in [1.82, 2.24) is 14.9 Å². The van der Waals surface area contributed by atoms with Crippen LogP contribution in [0.3, 0.4) is 0 Å². The smallest absolute Gasteiger partial charge is 0.261 e. The van der Waals surface area contributed by atoms with Crippen molar-refractivity contribution in [3.05, 3.63) is 75.2 Å². The van der Waals surface area contributed by atoms with Crippen LogP contribution in [0.1, 0.15) is 18.3 Å². The van der Waals surface area contributed by atoms with Gasteiger partial charge in [0.2, 0.25) is 0 Å². The van der Waals surface area contributed by atoms with Gasteiger partial charge in [0, 0.05) is 23.7 Å². The van der Waals surface area contributed by atoms with Crippen LogP contribution in [0.5, 0.6) is 5.75 Å². The lowest BCUT2D eigenvalue weighted by Crippen LogP contribution is -2.27. The summed E-state index contributed by atoms with van der Waals surface area (Å²) in [4.78, 5) is 18.8. The molecule has 6 heteroatoms. The maximum Gasteiger partial charge on any atom is 0.261 e. The summed E-state index contributed by atoms with van der Waals surface area (Å²) in [7, 11) is 0. The normalized spacial score (nSPS) is 15.4. The van der Waals surface area contributed by atoms with E-state index in [1.165, 1.54) is 10.5 Å². The van der Waals surface area contributed by atoms with E-state index in [0.29, 0.717) is 25.0 Å². The highest BCUT2D eigenvalue weighted by atomic mass is 32.2. The molecule has 0 unspecified atom stereocenters. The zero-order valence-electron chi connectivity index (χ0n) is 15.9. The Balaban J connectivity index is 1.44. The van der Waals surface area contributed by atoms with Crippen LogP contribution in [0, 0.1) is 0 Å². The molecule has 0 amide bonds. The molecular formula is C22H23N3O2S. The highest BCUT2D eigenvalue weighted by Crippen LogP contribution is 2.23. The van der Waals surface area contributed by atoms with Gasteiger partial charge >= 0.3 is 0 Å². The fourth-order valence-corrected chi connectivity index (χ4v) is 4.09. The Morgan fingerprint density at radius 3 is 2.79 bits per heavy atom. The number of aromatic nitrogens is 2. The largest absolute Gasteiger partial charge is 0.492 e. The fourth-order valence-electron chi connectivity index (χ4n) is 3.28. The second-order valence-electron chi connectivity index (χ2n) is 6.60. The SMILES string of the molecule is CCc1nc2ccccc2c(=O)n1CCOc1ccc(C=C2CNCS2)cc1. The van der Waals surface area contributed by atoms with Gasteiger partial charge in [-0.15, -0.1) is 11.8 Å². The number of fused-ring (bicyclic) bond motifs is 1. The van der Waals surface area contributed by atoms with Gasteiger partial charge in [0.15, 0.2) is 0 Å². The summed E-state index contributed by atoms with van der Waals surface area (Å²) in [5.74, 6) is 2.58. The molecule has 2 aromatic carbocycles. The molecule has 1 aliphatic heterocycles. The summed E-state index contributed by atoms with van der Waals surface area (Å²) >= 11 is 1.84. The van der Waals surface area contributed by atoms with Crippen LogP contribution >= 0.6 is 11.8 Å². The lowest BCUT2D eigenvalue weighted by Gasteiger charge is -2.13. The van der Waals surface area contributed by atoms with E-state index in [1.54, 1.807) is 4.57 Å². The van der Waals surface area contributed by atoms with Gasteiger partial charge in [-0.2, -0.15) is 0 Å². The van der Waals surface area contributed by atoms with Crippen molar-refractivity contribution < 1.29 is 4.74 Å². The van der Waals surface area contributed by atoms with Gasteiger partial charge in [0.05, 0.1) is 17.4 Å². The highest BCUT2D eigenvalue weighted by molar-refractivity contribution is 8.03. The van der Waals surface area contributed by atoms with E-state index < -0.39 is 0 Å². The average Bonchev–Trinajstić information content (AvgIpc) is 3.24. The summed E-state index contributed by atoms with van der Waals surface area (Å²) in [6.45, 7) is 3.86. The maximum absolute atomic E-state index is 12.8. The molecule has 144 valence electrons. The molecule has 3 aromatic rings. The lowest BCUT2D eigenvalue weighted by atomic mass is 10.2. The number of benzene rings is 2. The summed E-state index contributed by atoms with van der Waals surface area (Å²) in [6.07, 6.45) is 2.90. The molecule has 1 saturated heterocycles. The zero-order valence-corrected chi connectivity index (χ0v) is 16.7. The second kappa shape index (κ2) is 8.63. The first-order valence-electron chi connectivity index (χ1n) is 9.50. The molecule has 0 aliphatic carbocycles. The number of para-hydroxylation sites is 1. The molecule has 28 heavy (non-hydrogen) atoms. The highest BCUT2D eigenvalue weighted by Gasteiger charge is 2.10. The number of nitrogens with zero attached hydrogens (tertiary/aromatic N) is 2. The van der Waals surface area contributed by atoms with Crippen molar-refractivity contribution in [3.63, 3.8) is 0 Å². The van der Waals surface area contributed by atoms with Crippen molar-refractivity contribution in [1.29, 1.82) is 0 Å². The summed E-state index contributed by atoms with van der Waals surface area (Å²) < 4.78 is 7.60. The van der Waals surface area contributed by atoms with E-state index in [0.717, 1.165) is 29.5 Å². The minimum Gasteiger partial charge on any atom is -0.492 e. The quantitative estimate of drug-likeness (QED) is 0.692. The molecule has 0 radical (unpaired) electrons. The van der Waals surface area contributed by atoms with Gasteiger partial charge in [-0.3, -0.25) is 9.36 Å². The molecule has 0 atom stereocenters. The van der Waals surface area contributed by atoms with Gasteiger partial charge in [-0.05, 0) is 35.9 Å². The molecule has 1 aromatic heterocycles. The Labute approximate surface area is 168 Å². The van der Waals surface area contributed by atoms with Crippen LogP contribution in [0.15, 0.2) is 58.2 Å². The predicted octanol–water partition coefficient (Wildman–Crippen LogP) is 3.67. The molecule has 0 spiro atoms. The van der Waals surface area contributed by atoms with E-state index in [4.69, 9.17) is 4.74 Å². The maximum atomic E-state index is 12.8. The molecule has 5 nitrogen and oxygen atoms in total. The zero-order chi connectivity index (χ0) is 19.3. The predicted molar refractivity (Wildman–Crippen MR) is 116 cm³/mol. The average molecular weight is 394 g/mol. The first kappa shape index (κ1) is 18.8. The Bertz CT molecular complexity index is 1050. The summed E-state index contributed by atoms with van der Waals surface area (Å²) in [5.41, 5.74) is 1.92. The van der Waals surface area contributed by atoms with Gasteiger partial charge in [-0.1, -0.05) is 31.2 Å². The molecule has 1 fully saturated rings.